The molecule has 0 saturated carbocycles. The molecule has 1 N–H and O–H groups in total. The van der Waals surface area contributed by atoms with Crippen molar-refractivity contribution in [2.24, 2.45) is 0 Å². The third-order valence-electron chi connectivity index (χ3n) is 2.97. The van der Waals surface area contributed by atoms with Gasteiger partial charge in [0.1, 0.15) is 5.82 Å². The normalized spacial score (nSPS) is 10.1. The number of carbonyl (C=O) groups excluding carboxylic acids is 2. The summed E-state index contributed by atoms with van der Waals surface area (Å²) >= 11 is 0. The summed E-state index contributed by atoms with van der Waals surface area (Å²) in [6.45, 7) is 2.00. The van der Waals surface area contributed by atoms with E-state index in [1.165, 1.54) is 12.1 Å². The highest BCUT2D eigenvalue weighted by molar-refractivity contribution is 5.95. The predicted molar refractivity (Wildman–Crippen MR) is 81.1 cm³/mol. The Morgan fingerprint density at radius 3 is 2.64 bits per heavy atom. The van der Waals surface area contributed by atoms with Crippen LogP contribution in [0.1, 0.15) is 22.8 Å². The Morgan fingerprint density at radius 1 is 1.14 bits per heavy atom. The largest absolute Gasteiger partial charge is 0.462 e. The smallest absolute Gasteiger partial charge is 0.338 e. The van der Waals surface area contributed by atoms with Crippen LogP contribution in [0, 0.1) is 5.82 Å². The molecule has 0 aliphatic heterocycles. The molecule has 114 valence electrons. The molecule has 0 aliphatic rings. The first-order valence-electron chi connectivity index (χ1n) is 6.90. The number of anilines is 1. The first-order chi connectivity index (χ1) is 10.6. The van der Waals surface area contributed by atoms with Crippen LogP contribution in [0.4, 0.5) is 10.1 Å². The minimum absolute atomic E-state index is 0.0731. The average molecular weight is 301 g/mol. The Balaban J connectivity index is 2.04. The molecule has 4 nitrogen and oxygen atoms in total. The van der Waals surface area contributed by atoms with Gasteiger partial charge in [0, 0.05) is 5.69 Å². The third-order valence-corrected chi connectivity index (χ3v) is 2.97. The number of ether oxygens (including phenoxy) is 1. The summed E-state index contributed by atoms with van der Waals surface area (Å²) in [6, 6.07) is 12.5. The minimum Gasteiger partial charge on any atom is -0.462 e. The summed E-state index contributed by atoms with van der Waals surface area (Å²) in [5, 5.41) is 2.64. The van der Waals surface area contributed by atoms with Crippen LogP contribution in [0.15, 0.2) is 48.5 Å². The fourth-order valence-corrected chi connectivity index (χ4v) is 1.96. The van der Waals surface area contributed by atoms with E-state index in [4.69, 9.17) is 4.74 Å². The highest BCUT2D eigenvalue weighted by Gasteiger charge is 2.10. The first-order valence-corrected chi connectivity index (χ1v) is 6.90. The van der Waals surface area contributed by atoms with Crippen LogP contribution in [0.2, 0.25) is 0 Å². The van der Waals surface area contributed by atoms with E-state index < -0.39 is 11.8 Å². The molecule has 0 unspecified atom stereocenters. The van der Waals surface area contributed by atoms with E-state index in [0.717, 1.165) is 0 Å². The molecular formula is C17H16FNO3. The van der Waals surface area contributed by atoms with Gasteiger partial charge in [-0.3, -0.25) is 4.79 Å². The Labute approximate surface area is 127 Å². The van der Waals surface area contributed by atoms with Crippen molar-refractivity contribution in [3.05, 3.63) is 65.5 Å². The Hall–Kier alpha value is -2.69. The zero-order valence-electron chi connectivity index (χ0n) is 12.1. The number of hydrogen-bond donors (Lipinski definition) is 1. The number of hydrogen-bond acceptors (Lipinski definition) is 3. The Kier molecular flexibility index (Phi) is 5.25. The highest BCUT2D eigenvalue weighted by Crippen LogP contribution is 2.13. The third kappa shape index (κ3) is 4.15. The van der Waals surface area contributed by atoms with E-state index in [1.54, 1.807) is 43.3 Å². The van der Waals surface area contributed by atoms with Crippen LogP contribution < -0.4 is 5.32 Å². The molecule has 0 aromatic heterocycles. The maximum Gasteiger partial charge on any atom is 0.338 e. The van der Waals surface area contributed by atoms with Crippen molar-refractivity contribution in [2.75, 3.05) is 11.9 Å². The van der Waals surface area contributed by atoms with E-state index in [0.29, 0.717) is 16.8 Å². The number of nitrogens with one attached hydrogen (secondary N) is 1. The molecule has 22 heavy (non-hydrogen) atoms. The Bertz CT molecular complexity index is 685. The molecule has 0 bridgehead atoms. The van der Waals surface area contributed by atoms with Gasteiger partial charge in [0.05, 0.1) is 18.6 Å². The van der Waals surface area contributed by atoms with Crippen molar-refractivity contribution < 1.29 is 18.7 Å². The van der Waals surface area contributed by atoms with Gasteiger partial charge in [0.2, 0.25) is 5.91 Å². The van der Waals surface area contributed by atoms with Gasteiger partial charge < -0.3 is 10.1 Å². The average Bonchev–Trinajstić information content (AvgIpc) is 2.50. The quantitative estimate of drug-likeness (QED) is 0.863. The topological polar surface area (TPSA) is 55.4 Å². The van der Waals surface area contributed by atoms with E-state index in [9.17, 15) is 14.0 Å². The van der Waals surface area contributed by atoms with Gasteiger partial charge in [-0.2, -0.15) is 0 Å². The van der Waals surface area contributed by atoms with Crippen LogP contribution in [-0.4, -0.2) is 18.5 Å². The molecule has 1 amide bonds. The van der Waals surface area contributed by atoms with Gasteiger partial charge in [-0.25, -0.2) is 9.18 Å². The van der Waals surface area contributed by atoms with Crippen LogP contribution in [0.5, 0.6) is 0 Å². The van der Waals surface area contributed by atoms with Crippen LogP contribution in [0.3, 0.4) is 0 Å². The zero-order chi connectivity index (χ0) is 15.9. The predicted octanol–water partition coefficient (Wildman–Crippen LogP) is 3.18. The summed E-state index contributed by atoms with van der Waals surface area (Å²) < 4.78 is 18.4. The summed E-state index contributed by atoms with van der Waals surface area (Å²) in [6.07, 6.45) is -0.0731. The summed E-state index contributed by atoms with van der Waals surface area (Å²) in [7, 11) is 0. The SMILES string of the molecule is CCOC(=O)c1cccc(NC(=O)Cc2ccccc2F)c1. The lowest BCUT2D eigenvalue weighted by Crippen LogP contribution is -2.15. The fraction of sp³-hybridized carbons (Fsp3) is 0.176. The maximum atomic E-state index is 13.5. The second kappa shape index (κ2) is 7.36. The van der Waals surface area contributed by atoms with E-state index >= 15 is 0 Å². The monoisotopic (exact) mass is 301 g/mol. The molecule has 0 fully saturated rings. The first kappa shape index (κ1) is 15.7. The Morgan fingerprint density at radius 2 is 1.91 bits per heavy atom. The number of esters is 1. The molecule has 2 aromatic carbocycles. The van der Waals surface area contributed by atoms with E-state index in [2.05, 4.69) is 5.32 Å². The van der Waals surface area contributed by atoms with Crippen LogP contribution >= 0.6 is 0 Å². The van der Waals surface area contributed by atoms with Crippen molar-refractivity contribution >= 4 is 17.6 Å². The molecule has 0 radical (unpaired) electrons. The number of halogens is 1. The minimum atomic E-state index is -0.451. The molecule has 0 atom stereocenters. The van der Waals surface area contributed by atoms with Crippen molar-refractivity contribution in [3.8, 4) is 0 Å². The second-order valence-electron chi connectivity index (χ2n) is 4.62. The van der Waals surface area contributed by atoms with Crippen molar-refractivity contribution in [1.82, 2.24) is 0 Å². The lowest BCUT2D eigenvalue weighted by atomic mass is 10.1. The van der Waals surface area contributed by atoms with Gasteiger partial charge in [0.15, 0.2) is 0 Å². The summed E-state index contributed by atoms with van der Waals surface area (Å²) in [5.41, 5.74) is 1.14. The number of benzene rings is 2. The molecule has 0 heterocycles. The van der Waals surface area contributed by atoms with E-state index in [-0.39, 0.29) is 18.9 Å². The number of rotatable bonds is 5. The molecule has 0 aliphatic carbocycles. The maximum absolute atomic E-state index is 13.5. The number of amides is 1. The standard InChI is InChI=1S/C17H16FNO3/c1-2-22-17(21)13-7-5-8-14(10-13)19-16(20)11-12-6-3-4-9-15(12)18/h3-10H,2,11H2,1H3,(H,19,20). The van der Waals surface area contributed by atoms with Gasteiger partial charge >= 0.3 is 5.97 Å². The second-order valence-corrected chi connectivity index (χ2v) is 4.62. The van der Waals surface area contributed by atoms with Crippen molar-refractivity contribution in [2.45, 2.75) is 13.3 Å². The summed E-state index contributed by atoms with van der Waals surface area (Å²) in [5.74, 6) is -1.23. The number of carbonyl (C=O) groups is 2. The molecule has 5 heteroatoms. The van der Waals surface area contributed by atoms with Gasteiger partial charge in [0.25, 0.3) is 0 Å². The van der Waals surface area contributed by atoms with Gasteiger partial charge in [-0.15, -0.1) is 0 Å². The zero-order valence-corrected chi connectivity index (χ0v) is 12.1. The molecule has 2 rings (SSSR count). The lowest BCUT2D eigenvalue weighted by Gasteiger charge is -2.08. The van der Waals surface area contributed by atoms with Crippen LogP contribution in [-0.2, 0) is 16.0 Å². The van der Waals surface area contributed by atoms with E-state index in [1.807, 2.05) is 0 Å². The van der Waals surface area contributed by atoms with Crippen LogP contribution in [0.25, 0.3) is 0 Å². The van der Waals surface area contributed by atoms with Gasteiger partial charge in [-0.05, 0) is 36.8 Å². The van der Waals surface area contributed by atoms with Crippen molar-refractivity contribution in [3.63, 3.8) is 0 Å². The summed E-state index contributed by atoms with van der Waals surface area (Å²) in [4.78, 5) is 23.6. The fourth-order valence-electron chi connectivity index (χ4n) is 1.96. The molecule has 2 aromatic rings. The molecule has 0 saturated heterocycles. The van der Waals surface area contributed by atoms with Crippen molar-refractivity contribution in [1.29, 1.82) is 0 Å². The lowest BCUT2D eigenvalue weighted by molar-refractivity contribution is -0.115. The highest BCUT2D eigenvalue weighted by atomic mass is 19.1. The van der Waals surface area contributed by atoms with Gasteiger partial charge in [-0.1, -0.05) is 24.3 Å². The molecular weight excluding hydrogens is 285 g/mol. The molecule has 0 spiro atoms.